The summed E-state index contributed by atoms with van der Waals surface area (Å²) in [5, 5.41) is 14.8. The van der Waals surface area contributed by atoms with Crippen molar-refractivity contribution in [2.45, 2.75) is 39.3 Å². The predicted molar refractivity (Wildman–Crippen MR) is 104 cm³/mol. The number of aromatic hydroxyl groups is 1. The highest BCUT2D eigenvalue weighted by Crippen LogP contribution is 2.38. The summed E-state index contributed by atoms with van der Waals surface area (Å²) in [6.45, 7) is 4.93. The van der Waals surface area contributed by atoms with Crippen molar-refractivity contribution in [3.8, 4) is 17.0 Å². The van der Waals surface area contributed by atoms with E-state index in [1.807, 2.05) is 0 Å². The van der Waals surface area contributed by atoms with Crippen LogP contribution in [-0.4, -0.2) is 45.6 Å². The standard InChI is InChI=1S/C19H19BF3N5O/c1-10-8-12(19(21,22)23)9-13(29)14(10)16-15(20)11(2)28-17(24-16)25-18(26-28)27-6-4-3-5-7-27/h8-9,29H,3-7H2,1-2H3. The molecule has 150 valence electrons. The summed E-state index contributed by atoms with van der Waals surface area (Å²) in [6, 6.07) is 1.66. The highest BCUT2D eigenvalue weighted by atomic mass is 19.4. The zero-order valence-electron chi connectivity index (χ0n) is 16.1. The number of aryl methyl sites for hydroxylation is 2. The molecule has 1 saturated heterocycles. The third-order valence-electron chi connectivity index (χ3n) is 5.27. The Morgan fingerprint density at radius 1 is 1.07 bits per heavy atom. The molecule has 0 aliphatic carbocycles. The molecule has 1 aromatic carbocycles. The molecule has 6 nitrogen and oxygen atoms in total. The van der Waals surface area contributed by atoms with Gasteiger partial charge in [-0.15, -0.1) is 5.10 Å². The van der Waals surface area contributed by atoms with Crippen molar-refractivity contribution in [3.63, 3.8) is 0 Å². The van der Waals surface area contributed by atoms with E-state index in [1.54, 1.807) is 6.92 Å². The number of hydrogen-bond donors (Lipinski definition) is 1. The lowest BCUT2D eigenvalue weighted by molar-refractivity contribution is -0.137. The van der Waals surface area contributed by atoms with Gasteiger partial charge in [0.05, 0.1) is 11.3 Å². The van der Waals surface area contributed by atoms with Gasteiger partial charge in [0.1, 0.15) is 13.6 Å². The minimum atomic E-state index is -4.56. The molecule has 1 aliphatic heterocycles. The number of phenolic OH excluding ortho intramolecular Hbond substituents is 1. The highest BCUT2D eigenvalue weighted by Gasteiger charge is 2.32. The lowest BCUT2D eigenvalue weighted by Crippen LogP contribution is -2.30. The summed E-state index contributed by atoms with van der Waals surface area (Å²) in [5.41, 5.74) is 0.420. The lowest BCUT2D eigenvalue weighted by atomic mass is 9.87. The van der Waals surface area contributed by atoms with E-state index >= 15 is 0 Å². The molecule has 4 rings (SSSR count). The molecule has 3 aromatic rings. The fraction of sp³-hybridized carbons (Fsp3) is 0.421. The van der Waals surface area contributed by atoms with E-state index < -0.39 is 17.5 Å². The van der Waals surface area contributed by atoms with Gasteiger partial charge >= 0.3 is 6.18 Å². The Hall–Kier alpha value is -2.78. The molecule has 0 spiro atoms. The second-order valence-electron chi connectivity index (χ2n) is 7.32. The zero-order valence-corrected chi connectivity index (χ0v) is 16.1. The van der Waals surface area contributed by atoms with Gasteiger partial charge in [0.25, 0.3) is 5.78 Å². The van der Waals surface area contributed by atoms with Crippen LogP contribution in [0.5, 0.6) is 5.75 Å². The molecule has 2 aromatic heterocycles. The van der Waals surface area contributed by atoms with Crippen LogP contribution in [0.3, 0.4) is 0 Å². The largest absolute Gasteiger partial charge is 0.507 e. The summed E-state index contributed by atoms with van der Waals surface area (Å²) in [5.74, 6) is 0.298. The highest BCUT2D eigenvalue weighted by molar-refractivity contribution is 6.36. The second kappa shape index (κ2) is 6.93. The molecule has 0 bridgehead atoms. The van der Waals surface area contributed by atoms with E-state index in [9.17, 15) is 18.3 Å². The van der Waals surface area contributed by atoms with E-state index in [0.29, 0.717) is 17.7 Å². The third kappa shape index (κ3) is 3.40. The van der Waals surface area contributed by atoms with Crippen molar-refractivity contribution in [2.24, 2.45) is 0 Å². The van der Waals surface area contributed by atoms with Gasteiger partial charge in [0, 0.05) is 24.3 Å². The topological polar surface area (TPSA) is 66.6 Å². The second-order valence-corrected chi connectivity index (χ2v) is 7.32. The van der Waals surface area contributed by atoms with Crippen molar-refractivity contribution in [2.75, 3.05) is 18.0 Å². The number of hydrogen-bond acceptors (Lipinski definition) is 5. The van der Waals surface area contributed by atoms with Crippen molar-refractivity contribution in [1.82, 2.24) is 19.6 Å². The molecule has 0 atom stereocenters. The molecule has 1 N–H and O–H groups in total. The number of piperidine rings is 1. The molecule has 1 aliphatic rings. The zero-order chi connectivity index (χ0) is 20.9. The number of benzene rings is 1. The summed E-state index contributed by atoms with van der Waals surface area (Å²) < 4.78 is 40.6. The minimum absolute atomic E-state index is 0.156. The number of phenols is 1. The van der Waals surface area contributed by atoms with Crippen molar-refractivity contribution < 1.29 is 18.3 Å². The fourth-order valence-corrected chi connectivity index (χ4v) is 3.70. The number of alkyl halides is 3. The van der Waals surface area contributed by atoms with E-state index in [1.165, 1.54) is 17.9 Å². The van der Waals surface area contributed by atoms with Gasteiger partial charge in [-0.1, -0.05) is 0 Å². The number of rotatable bonds is 2. The molecule has 1 fully saturated rings. The van der Waals surface area contributed by atoms with Crippen LogP contribution < -0.4 is 10.4 Å². The minimum Gasteiger partial charge on any atom is -0.507 e. The summed E-state index contributed by atoms with van der Waals surface area (Å²) in [7, 11) is 6.23. The quantitative estimate of drug-likeness (QED) is 0.669. The summed E-state index contributed by atoms with van der Waals surface area (Å²) >= 11 is 0. The predicted octanol–water partition coefficient (Wildman–Crippen LogP) is 2.92. The first-order valence-corrected chi connectivity index (χ1v) is 9.36. The van der Waals surface area contributed by atoms with E-state index in [-0.39, 0.29) is 28.1 Å². The number of nitrogens with zero attached hydrogens (tertiary/aromatic N) is 5. The number of halogens is 3. The first-order valence-electron chi connectivity index (χ1n) is 9.36. The Balaban J connectivity index is 1.85. The van der Waals surface area contributed by atoms with Gasteiger partial charge in [-0.2, -0.15) is 18.2 Å². The molecule has 10 heteroatoms. The van der Waals surface area contributed by atoms with Gasteiger partial charge in [-0.3, -0.25) is 0 Å². The average molecular weight is 401 g/mol. The first kappa shape index (κ1) is 19.5. The van der Waals surface area contributed by atoms with Crippen molar-refractivity contribution in [1.29, 1.82) is 0 Å². The Labute approximate surface area is 166 Å². The summed E-state index contributed by atoms with van der Waals surface area (Å²) in [6.07, 6.45) is -1.26. The van der Waals surface area contributed by atoms with Crippen LogP contribution in [0.2, 0.25) is 0 Å². The van der Waals surface area contributed by atoms with Crippen LogP contribution in [0.1, 0.15) is 36.1 Å². The van der Waals surface area contributed by atoms with Crippen LogP contribution in [0, 0.1) is 13.8 Å². The van der Waals surface area contributed by atoms with Crippen LogP contribution in [0.15, 0.2) is 12.1 Å². The maximum Gasteiger partial charge on any atom is 0.416 e. The molecule has 0 saturated carbocycles. The summed E-state index contributed by atoms with van der Waals surface area (Å²) in [4.78, 5) is 11.0. The van der Waals surface area contributed by atoms with E-state index in [0.717, 1.165) is 32.0 Å². The molecule has 2 radical (unpaired) electrons. The molecule has 0 unspecified atom stereocenters. The number of aromatic nitrogens is 4. The number of fused-ring (bicyclic) bond motifs is 1. The first-order chi connectivity index (χ1) is 13.7. The Bertz CT molecular complexity index is 1070. The smallest absolute Gasteiger partial charge is 0.416 e. The van der Waals surface area contributed by atoms with Gasteiger partial charge in [0.15, 0.2) is 0 Å². The van der Waals surface area contributed by atoms with Crippen LogP contribution in [0.25, 0.3) is 17.0 Å². The van der Waals surface area contributed by atoms with Gasteiger partial charge in [-0.05, 0) is 56.3 Å². The third-order valence-corrected chi connectivity index (χ3v) is 5.27. The molecular weight excluding hydrogens is 382 g/mol. The van der Waals surface area contributed by atoms with Gasteiger partial charge < -0.3 is 10.0 Å². The maximum absolute atomic E-state index is 13.0. The van der Waals surface area contributed by atoms with E-state index in [4.69, 9.17) is 7.85 Å². The number of anilines is 1. The van der Waals surface area contributed by atoms with Gasteiger partial charge in [0.2, 0.25) is 5.95 Å². The normalized spacial score (nSPS) is 15.3. The molecular formula is C19H19BF3N5O. The van der Waals surface area contributed by atoms with Crippen molar-refractivity contribution in [3.05, 3.63) is 29.0 Å². The molecule has 29 heavy (non-hydrogen) atoms. The van der Waals surface area contributed by atoms with Gasteiger partial charge in [-0.25, -0.2) is 9.50 Å². The average Bonchev–Trinajstić information content (AvgIpc) is 3.09. The van der Waals surface area contributed by atoms with E-state index in [2.05, 4.69) is 20.0 Å². The Morgan fingerprint density at radius 3 is 2.38 bits per heavy atom. The fourth-order valence-electron chi connectivity index (χ4n) is 3.70. The van der Waals surface area contributed by atoms with Crippen LogP contribution in [-0.2, 0) is 6.18 Å². The van der Waals surface area contributed by atoms with Crippen LogP contribution >= 0.6 is 0 Å². The Kier molecular flexibility index (Phi) is 4.67. The SMILES string of the molecule is [B]c1c(-c2c(C)cc(C(F)(F)F)cc2O)nc2nc(N3CCCCC3)nn2c1C. The molecule has 3 heterocycles. The monoisotopic (exact) mass is 401 g/mol. The van der Waals surface area contributed by atoms with Crippen molar-refractivity contribution >= 4 is 25.0 Å². The Morgan fingerprint density at radius 2 is 1.76 bits per heavy atom. The lowest BCUT2D eigenvalue weighted by Gasteiger charge is -2.24. The maximum atomic E-state index is 13.0. The van der Waals surface area contributed by atoms with Crippen LogP contribution in [0.4, 0.5) is 19.1 Å². The molecule has 0 amide bonds.